The predicted molar refractivity (Wildman–Crippen MR) is 119 cm³/mol. The first-order valence-corrected chi connectivity index (χ1v) is 10.7. The number of ether oxygens (including phenoxy) is 4. The third-order valence-corrected chi connectivity index (χ3v) is 6.00. The summed E-state index contributed by atoms with van der Waals surface area (Å²) in [6.07, 6.45) is -4.32. The zero-order valence-corrected chi connectivity index (χ0v) is 18.4. The summed E-state index contributed by atoms with van der Waals surface area (Å²) < 4.78 is 22.8. The minimum Gasteiger partial charge on any atom is -0.508 e. The molecular weight excluding hydrogens is 460 g/mol. The van der Waals surface area contributed by atoms with E-state index in [1.54, 1.807) is 24.3 Å². The van der Waals surface area contributed by atoms with Crippen LogP contribution in [-0.4, -0.2) is 57.2 Å². The van der Waals surface area contributed by atoms with Crippen molar-refractivity contribution >= 4 is 5.78 Å². The number of fused-ring (bicyclic) bond motifs is 2. The van der Waals surface area contributed by atoms with E-state index in [9.17, 15) is 30.3 Å². The van der Waals surface area contributed by atoms with E-state index in [4.69, 9.17) is 18.9 Å². The molecule has 5 N–H and O–H groups in total. The minimum atomic E-state index is -1.62. The fraction of sp³-hybridized carbons (Fsp3) is 0.240. The number of phenols is 3. The van der Waals surface area contributed by atoms with Crippen molar-refractivity contribution in [1.82, 2.24) is 0 Å². The lowest BCUT2D eigenvalue weighted by molar-refractivity contribution is -0.0130. The number of phenolic OH excluding ortho intramolecular Hbond substituents is 3. The molecule has 2 heterocycles. The summed E-state index contributed by atoms with van der Waals surface area (Å²) >= 11 is 0. The highest BCUT2D eigenvalue weighted by molar-refractivity contribution is 6.05. The molecule has 2 aliphatic heterocycles. The maximum absolute atomic E-state index is 12.7. The average molecular weight is 482 g/mol. The summed E-state index contributed by atoms with van der Waals surface area (Å²) in [4.78, 5) is 12.7. The molecule has 0 unspecified atom stereocenters. The second kappa shape index (κ2) is 8.57. The Bertz CT molecular complexity index is 1300. The maximum Gasteiger partial charge on any atom is 0.202 e. The van der Waals surface area contributed by atoms with Crippen molar-refractivity contribution in [1.29, 1.82) is 0 Å². The zero-order chi connectivity index (χ0) is 24.9. The lowest BCUT2D eigenvalue weighted by Crippen LogP contribution is -2.37. The molecule has 182 valence electrons. The van der Waals surface area contributed by atoms with Crippen molar-refractivity contribution in [3.05, 3.63) is 65.2 Å². The predicted octanol–water partition coefficient (Wildman–Crippen LogP) is 2.36. The second-order valence-corrected chi connectivity index (χ2v) is 8.20. The first-order valence-electron chi connectivity index (χ1n) is 10.7. The van der Waals surface area contributed by atoms with Gasteiger partial charge in [-0.15, -0.1) is 0 Å². The Labute approximate surface area is 199 Å². The highest BCUT2D eigenvalue weighted by Crippen LogP contribution is 2.45. The van der Waals surface area contributed by atoms with Crippen LogP contribution in [0.5, 0.6) is 40.2 Å². The molecule has 3 aromatic carbocycles. The molecular formula is C25H22O10. The van der Waals surface area contributed by atoms with E-state index in [1.807, 2.05) is 0 Å². The van der Waals surface area contributed by atoms with Gasteiger partial charge >= 0.3 is 0 Å². The third-order valence-electron chi connectivity index (χ3n) is 6.00. The molecule has 0 fully saturated rings. The van der Waals surface area contributed by atoms with Crippen molar-refractivity contribution in [2.24, 2.45) is 0 Å². The average Bonchev–Trinajstić information content (AvgIpc) is 2.84. The molecule has 4 atom stereocenters. The van der Waals surface area contributed by atoms with Crippen molar-refractivity contribution in [2.45, 2.75) is 24.4 Å². The van der Waals surface area contributed by atoms with Crippen LogP contribution in [0, 0.1) is 0 Å². The summed E-state index contributed by atoms with van der Waals surface area (Å²) in [6.45, 7) is -0.395. The van der Waals surface area contributed by atoms with E-state index in [0.29, 0.717) is 22.6 Å². The number of aliphatic hydroxyl groups is 2. The van der Waals surface area contributed by atoms with Gasteiger partial charge in [-0.3, -0.25) is 4.79 Å². The zero-order valence-electron chi connectivity index (χ0n) is 18.4. The fourth-order valence-corrected chi connectivity index (χ4v) is 4.29. The maximum atomic E-state index is 12.7. The first-order chi connectivity index (χ1) is 16.8. The monoisotopic (exact) mass is 482 g/mol. The molecule has 2 aliphatic rings. The van der Waals surface area contributed by atoms with E-state index >= 15 is 0 Å². The van der Waals surface area contributed by atoms with Crippen molar-refractivity contribution in [3.8, 4) is 40.2 Å². The van der Waals surface area contributed by atoms with Gasteiger partial charge in [-0.1, -0.05) is 12.1 Å². The standard InChI is InChI=1S/C25H22O10/c1-32-16-4-2-11(6-14(16)28)24-20(10-26)33-18-7-12(3-5-17(18)34-24)25-23(31)22(30)21-15(29)8-13(27)9-19(21)35-25/h2-9,20,23-29,31H,10H2,1H3/t20-,23-,24-,25+/m0/s1. The van der Waals surface area contributed by atoms with Crippen LogP contribution in [0.4, 0.5) is 0 Å². The van der Waals surface area contributed by atoms with Gasteiger partial charge in [0.25, 0.3) is 0 Å². The van der Waals surface area contributed by atoms with Gasteiger partial charge in [-0.2, -0.15) is 0 Å². The number of aliphatic hydroxyl groups excluding tert-OH is 2. The number of ketones is 1. The van der Waals surface area contributed by atoms with Crippen molar-refractivity contribution < 1.29 is 49.3 Å². The molecule has 5 rings (SSSR count). The molecule has 35 heavy (non-hydrogen) atoms. The van der Waals surface area contributed by atoms with Crippen LogP contribution in [0.2, 0.25) is 0 Å². The number of aromatic hydroxyl groups is 3. The van der Waals surface area contributed by atoms with E-state index < -0.39 is 42.6 Å². The highest BCUT2D eigenvalue weighted by atomic mass is 16.6. The Morgan fingerprint density at radius 1 is 0.829 bits per heavy atom. The Morgan fingerprint density at radius 2 is 1.54 bits per heavy atom. The van der Waals surface area contributed by atoms with E-state index in [0.717, 1.165) is 6.07 Å². The van der Waals surface area contributed by atoms with Gasteiger partial charge in [0, 0.05) is 17.7 Å². The van der Waals surface area contributed by atoms with Crippen molar-refractivity contribution in [2.75, 3.05) is 13.7 Å². The second-order valence-electron chi connectivity index (χ2n) is 8.20. The first kappa shape index (κ1) is 22.6. The molecule has 3 aromatic rings. The molecule has 0 amide bonds. The van der Waals surface area contributed by atoms with E-state index in [-0.39, 0.29) is 28.6 Å². The quantitative estimate of drug-likeness (QED) is 0.374. The summed E-state index contributed by atoms with van der Waals surface area (Å²) in [5.74, 6) is -0.813. The van der Waals surface area contributed by atoms with Crippen LogP contribution in [0.25, 0.3) is 0 Å². The number of carbonyl (C=O) groups is 1. The highest BCUT2D eigenvalue weighted by Gasteiger charge is 2.40. The van der Waals surface area contributed by atoms with Crippen LogP contribution in [0.3, 0.4) is 0 Å². The number of carbonyl (C=O) groups excluding carboxylic acids is 1. The molecule has 0 radical (unpaired) electrons. The van der Waals surface area contributed by atoms with E-state index in [2.05, 4.69) is 0 Å². The number of hydrogen-bond acceptors (Lipinski definition) is 10. The topological polar surface area (TPSA) is 155 Å². The molecule has 0 saturated carbocycles. The minimum absolute atomic E-state index is 0.0645. The number of hydrogen-bond donors (Lipinski definition) is 5. The van der Waals surface area contributed by atoms with E-state index in [1.165, 1.54) is 25.3 Å². The van der Waals surface area contributed by atoms with Crippen molar-refractivity contribution in [3.63, 3.8) is 0 Å². The fourth-order valence-electron chi connectivity index (χ4n) is 4.29. The Balaban J connectivity index is 1.46. The molecule has 0 bridgehead atoms. The van der Waals surface area contributed by atoms with Gasteiger partial charge in [0.1, 0.15) is 22.8 Å². The molecule has 10 nitrogen and oxygen atoms in total. The van der Waals surface area contributed by atoms with Gasteiger partial charge in [0.2, 0.25) is 5.78 Å². The Kier molecular flexibility index (Phi) is 5.54. The largest absolute Gasteiger partial charge is 0.508 e. The van der Waals surface area contributed by atoms with Gasteiger partial charge < -0.3 is 44.5 Å². The molecule has 0 aliphatic carbocycles. The number of methoxy groups -OCH3 is 1. The SMILES string of the molecule is COc1ccc([C@@H]2Oc3ccc([C@H]4Oc5cc(O)cc(O)c5C(=O)[C@@H]4O)cc3O[C@H]2CO)cc1O. The lowest BCUT2D eigenvalue weighted by atomic mass is 9.92. The Hall–Kier alpha value is -4.15. The number of Topliss-reactive ketones (excluding diaryl/α,β-unsaturated/α-hetero) is 1. The summed E-state index contributed by atoms with van der Waals surface area (Å²) in [7, 11) is 1.43. The van der Waals surface area contributed by atoms with Crippen LogP contribution < -0.4 is 18.9 Å². The van der Waals surface area contributed by atoms with Gasteiger partial charge in [-0.05, 0) is 29.8 Å². The molecule has 0 aromatic heterocycles. The van der Waals surface area contributed by atoms with Crippen LogP contribution in [0.1, 0.15) is 33.7 Å². The Morgan fingerprint density at radius 3 is 2.26 bits per heavy atom. The number of benzene rings is 3. The molecule has 10 heteroatoms. The third kappa shape index (κ3) is 3.82. The van der Waals surface area contributed by atoms with Crippen LogP contribution in [0.15, 0.2) is 48.5 Å². The lowest BCUT2D eigenvalue weighted by Gasteiger charge is -2.35. The van der Waals surface area contributed by atoms with Gasteiger partial charge in [0.15, 0.2) is 47.4 Å². The summed E-state index contributed by atoms with van der Waals surface area (Å²) in [6, 6.07) is 11.6. The van der Waals surface area contributed by atoms with Crippen LogP contribution in [-0.2, 0) is 0 Å². The van der Waals surface area contributed by atoms with Gasteiger partial charge in [-0.25, -0.2) is 0 Å². The summed E-state index contributed by atoms with van der Waals surface area (Å²) in [5.41, 5.74) is 0.721. The smallest absolute Gasteiger partial charge is 0.202 e. The van der Waals surface area contributed by atoms with Crippen LogP contribution >= 0.6 is 0 Å². The van der Waals surface area contributed by atoms with Gasteiger partial charge in [0.05, 0.1) is 13.7 Å². The normalized spacial score (nSPS) is 22.8. The molecule has 0 saturated heterocycles. The summed E-state index contributed by atoms with van der Waals surface area (Å²) in [5, 5.41) is 50.4. The number of rotatable bonds is 4. The molecule has 0 spiro atoms.